The van der Waals surface area contributed by atoms with Gasteiger partial charge in [0.25, 0.3) is 5.56 Å². The van der Waals surface area contributed by atoms with Gasteiger partial charge in [-0.2, -0.15) is 0 Å². The summed E-state index contributed by atoms with van der Waals surface area (Å²) in [6.45, 7) is 3.64. The molecule has 0 aliphatic carbocycles. The Balaban J connectivity index is 2.23. The summed E-state index contributed by atoms with van der Waals surface area (Å²) in [5, 5.41) is 0.134. The molecule has 0 aromatic carbocycles. The molecule has 124 valence electrons. The van der Waals surface area contributed by atoms with E-state index in [0.29, 0.717) is 11.5 Å². The molecular weight excluding hydrogens is 314 g/mol. The summed E-state index contributed by atoms with van der Waals surface area (Å²) >= 11 is 0. The number of H-pyrrole nitrogens is 1. The number of carbonyl (C=O) groups is 1. The number of hydrogen-bond donors (Lipinski definition) is 1. The first-order chi connectivity index (χ1) is 11.5. The van der Waals surface area contributed by atoms with E-state index >= 15 is 0 Å². The highest BCUT2D eigenvalue weighted by Gasteiger charge is 2.17. The summed E-state index contributed by atoms with van der Waals surface area (Å²) in [5.41, 5.74) is -0.452. The predicted molar refractivity (Wildman–Crippen MR) is 85.1 cm³/mol. The summed E-state index contributed by atoms with van der Waals surface area (Å²) in [4.78, 5) is 42.7. The summed E-state index contributed by atoms with van der Waals surface area (Å²) in [7, 11) is 0. The van der Waals surface area contributed by atoms with Gasteiger partial charge in [-0.05, 0) is 32.0 Å². The molecule has 0 radical (unpaired) electrons. The van der Waals surface area contributed by atoms with E-state index in [9.17, 15) is 14.4 Å². The Kier molecular flexibility index (Phi) is 4.03. The fourth-order valence-corrected chi connectivity index (χ4v) is 2.41. The number of fused-ring (bicyclic) bond motifs is 1. The number of pyridine rings is 1. The average Bonchev–Trinajstić information content (AvgIpc) is 3.04. The first-order valence-electron chi connectivity index (χ1n) is 7.35. The van der Waals surface area contributed by atoms with Crippen molar-refractivity contribution in [2.45, 2.75) is 20.4 Å². The maximum atomic E-state index is 12.1. The Morgan fingerprint density at radius 2 is 2.21 bits per heavy atom. The molecule has 8 nitrogen and oxygen atoms in total. The molecule has 0 unspecified atom stereocenters. The van der Waals surface area contributed by atoms with Crippen LogP contribution in [0.1, 0.15) is 28.7 Å². The second-order valence-electron chi connectivity index (χ2n) is 5.14. The molecule has 3 rings (SSSR count). The largest absolute Gasteiger partial charge is 0.467 e. The van der Waals surface area contributed by atoms with Crippen LogP contribution >= 0.6 is 0 Å². The molecule has 0 bridgehead atoms. The Morgan fingerprint density at radius 1 is 1.42 bits per heavy atom. The van der Waals surface area contributed by atoms with Gasteiger partial charge < -0.3 is 9.15 Å². The number of nitrogens with one attached hydrogen (secondary N) is 1. The Hall–Kier alpha value is -3.16. The zero-order valence-electron chi connectivity index (χ0n) is 13.2. The van der Waals surface area contributed by atoms with Crippen LogP contribution < -0.4 is 11.2 Å². The van der Waals surface area contributed by atoms with Gasteiger partial charge in [-0.3, -0.25) is 14.3 Å². The summed E-state index contributed by atoms with van der Waals surface area (Å²) in [5.74, 6) is -0.0213. The third-order valence-electron chi connectivity index (χ3n) is 3.55. The standard InChI is InChI=1S/C16H15N3O5/c1-3-23-15(21)11-7-12-13(17-9(11)2)19(16(22)18-14(12)20)8-10-5-4-6-24-10/h4-7H,3,8H2,1-2H3,(H,18,20,22). The quantitative estimate of drug-likeness (QED) is 0.721. The van der Waals surface area contributed by atoms with Crippen LogP contribution in [-0.2, 0) is 11.3 Å². The van der Waals surface area contributed by atoms with E-state index in [-0.39, 0.29) is 29.7 Å². The Labute approximate surface area is 135 Å². The van der Waals surface area contributed by atoms with Gasteiger partial charge in [0.1, 0.15) is 11.4 Å². The number of rotatable bonds is 4. The van der Waals surface area contributed by atoms with Crippen LogP contribution in [0, 0.1) is 6.92 Å². The molecule has 24 heavy (non-hydrogen) atoms. The number of aromatic amines is 1. The number of nitrogens with zero attached hydrogens (tertiary/aromatic N) is 2. The van der Waals surface area contributed by atoms with Crippen molar-refractivity contribution in [2.24, 2.45) is 0 Å². The minimum absolute atomic E-state index is 0.115. The zero-order chi connectivity index (χ0) is 17.3. The first-order valence-corrected chi connectivity index (χ1v) is 7.35. The average molecular weight is 329 g/mol. The summed E-state index contributed by atoms with van der Waals surface area (Å²) < 4.78 is 11.5. The maximum absolute atomic E-state index is 12.1. The molecule has 0 aliphatic heterocycles. The second kappa shape index (κ2) is 6.15. The van der Waals surface area contributed by atoms with Gasteiger partial charge in [0.05, 0.1) is 36.1 Å². The van der Waals surface area contributed by atoms with Crippen molar-refractivity contribution in [2.75, 3.05) is 6.61 Å². The van der Waals surface area contributed by atoms with Crippen LogP contribution in [0.25, 0.3) is 11.0 Å². The SMILES string of the molecule is CCOC(=O)c1cc2c(=O)[nH]c(=O)n(Cc3ccco3)c2nc1C. The Morgan fingerprint density at radius 3 is 2.88 bits per heavy atom. The van der Waals surface area contributed by atoms with Crippen LogP contribution in [-0.4, -0.2) is 27.1 Å². The lowest BCUT2D eigenvalue weighted by atomic mass is 10.1. The number of hydrogen-bond acceptors (Lipinski definition) is 6. The van der Waals surface area contributed by atoms with Gasteiger partial charge in [0.15, 0.2) is 0 Å². The van der Waals surface area contributed by atoms with Gasteiger partial charge in [-0.25, -0.2) is 14.6 Å². The predicted octanol–water partition coefficient (Wildman–Crippen LogP) is 1.21. The van der Waals surface area contributed by atoms with Crippen molar-refractivity contribution < 1.29 is 13.9 Å². The normalized spacial score (nSPS) is 10.9. The molecule has 0 spiro atoms. The van der Waals surface area contributed by atoms with Crippen molar-refractivity contribution in [3.05, 3.63) is 62.3 Å². The molecule has 8 heteroatoms. The highest BCUT2D eigenvalue weighted by atomic mass is 16.5. The van der Waals surface area contributed by atoms with Crippen LogP contribution in [0.2, 0.25) is 0 Å². The lowest BCUT2D eigenvalue weighted by Crippen LogP contribution is -2.31. The van der Waals surface area contributed by atoms with Gasteiger partial charge in [0, 0.05) is 0 Å². The third-order valence-corrected chi connectivity index (χ3v) is 3.55. The van der Waals surface area contributed by atoms with E-state index < -0.39 is 17.2 Å². The number of esters is 1. The zero-order valence-corrected chi connectivity index (χ0v) is 13.2. The van der Waals surface area contributed by atoms with Crippen LogP contribution in [0.4, 0.5) is 0 Å². The van der Waals surface area contributed by atoms with E-state index in [4.69, 9.17) is 9.15 Å². The molecule has 1 N–H and O–H groups in total. The topological polar surface area (TPSA) is 107 Å². The van der Waals surface area contributed by atoms with Crippen molar-refractivity contribution in [1.82, 2.24) is 14.5 Å². The third kappa shape index (κ3) is 2.73. The van der Waals surface area contributed by atoms with E-state index in [1.807, 2.05) is 0 Å². The lowest BCUT2D eigenvalue weighted by Gasteiger charge is -2.10. The summed E-state index contributed by atoms with van der Waals surface area (Å²) in [6, 6.07) is 4.81. The van der Waals surface area contributed by atoms with E-state index in [2.05, 4.69) is 9.97 Å². The monoisotopic (exact) mass is 329 g/mol. The van der Waals surface area contributed by atoms with Crippen LogP contribution in [0.15, 0.2) is 38.5 Å². The van der Waals surface area contributed by atoms with Crippen LogP contribution in [0.5, 0.6) is 0 Å². The molecule has 3 aromatic heterocycles. The molecule has 3 heterocycles. The maximum Gasteiger partial charge on any atom is 0.339 e. The lowest BCUT2D eigenvalue weighted by molar-refractivity contribution is 0.0525. The van der Waals surface area contributed by atoms with Gasteiger partial charge in [-0.1, -0.05) is 0 Å². The molecule has 0 saturated carbocycles. The van der Waals surface area contributed by atoms with E-state index in [1.54, 1.807) is 26.0 Å². The van der Waals surface area contributed by atoms with Gasteiger partial charge in [0.2, 0.25) is 0 Å². The van der Waals surface area contributed by atoms with Gasteiger partial charge in [-0.15, -0.1) is 0 Å². The highest BCUT2D eigenvalue weighted by molar-refractivity contribution is 5.94. The minimum atomic E-state index is -0.608. The molecule has 3 aromatic rings. The molecule has 0 aliphatic rings. The first kappa shape index (κ1) is 15.7. The molecule has 0 atom stereocenters. The fraction of sp³-hybridized carbons (Fsp3) is 0.250. The van der Waals surface area contributed by atoms with Crippen molar-refractivity contribution in [3.63, 3.8) is 0 Å². The van der Waals surface area contributed by atoms with Crippen LogP contribution in [0.3, 0.4) is 0 Å². The molecular formula is C16H15N3O5. The number of carbonyl (C=O) groups excluding carboxylic acids is 1. The smallest absolute Gasteiger partial charge is 0.339 e. The van der Waals surface area contributed by atoms with Gasteiger partial charge >= 0.3 is 11.7 Å². The van der Waals surface area contributed by atoms with Crippen molar-refractivity contribution in [1.29, 1.82) is 0 Å². The number of furan rings is 1. The molecule has 0 saturated heterocycles. The van der Waals surface area contributed by atoms with E-state index in [1.165, 1.54) is 16.9 Å². The van der Waals surface area contributed by atoms with E-state index in [0.717, 1.165) is 0 Å². The summed E-state index contributed by atoms with van der Waals surface area (Å²) in [6.07, 6.45) is 1.49. The number of aromatic nitrogens is 3. The number of ether oxygens (including phenoxy) is 1. The Bertz CT molecular complexity index is 1010. The minimum Gasteiger partial charge on any atom is -0.467 e. The molecule has 0 amide bonds. The number of aryl methyl sites for hydroxylation is 1. The second-order valence-corrected chi connectivity index (χ2v) is 5.14. The highest BCUT2D eigenvalue weighted by Crippen LogP contribution is 2.15. The fourth-order valence-electron chi connectivity index (χ4n) is 2.41. The molecule has 0 fully saturated rings. The van der Waals surface area contributed by atoms with Crippen molar-refractivity contribution in [3.8, 4) is 0 Å². The van der Waals surface area contributed by atoms with Crippen molar-refractivity contribution >= 4 is 17.0 Å².